The van der Waals surface area contributed by atoms with Crippen molar-refractivity contribution in [3.63, 3.8) is 0 Å². The second-order valence-corrected chi connectivity index (χ2v) is 4.32. The molecule has 17 heavy (non-hydrogen) atoms. The normalized spacial score (nSPS) is 21.9. The van der Waals surface area contributed by atoms with Crippen LogP contribution in [-0.2, 0) is 11.3 Å². The molecule has 6 nitrogen and oxygen atoms in total. The van der Waals surface area contributed by atoms with Crippen molar-refractivity contribution >= 4 is 5.96 Å². The Labute approximate surface area is 101 Å². The van der Waals surface area contributed by atoms with Crippen LogP contribution in [0.3, 0.4) is 0 Å². The Hall–Kier alpha value is -1.56. The summed E-state index contributed by atoms with van der Waals surface area (Å²) >= 11 is 0. The second kappa shape index (κ2) is 5.18. The zero-order valence-corrected chi connectivity index (χ0v) is 10.3. The van der Waals surface area contributed by atoms with Crippen LogP contribution in [0.25, 0.3) is 0 Å². The van der Waals surface area contributed by atoms with Gasteiger partial charge in [-0.1, -0.05) is 0 Å². The van der Waals surface area contributed by atoms with Crippen LogP contribution in [0.2, 0.25) is 0 Å². The Kier molecular flexibility index (Phi) is 3.63. The molecule has 0 saturated carbocycles. The molecule has 1 aromatic rings. The summed E-state index contributed by atoms with van der Waals surface area (Å²) in [6.07, 6.45) is 2.00. The van der Waals surface area contributed by atoms with Gasteiger partial charge in [-0.3, -0.25) is 5.10 Å². The molecular formula is C11H19N5O. The summed E-state index contributed by atoms with van der Waals surface area (Å²) in [7, 11) is 0. The summed E-state index contributed by atoms with van der Waals surface area (Å²) in [5.74, 6) is 0.584. The number of hydrogen-bond acceptors (Lipinski definition) is 3. The van der Waals surface area contributed by atoms with Gasteiger partial charge in [0.1, 0.15) is 0 Å². The number of morpholine rings is 1. The zero-order chi connectivity index (χ0) is 12.3. The highest BCUT2D eigenvalue weighted by atomic mass is 16.5. The lowest BCUT2D eigenvalue weighted by atomic mass is 10.3. The molecule has 94 valence electrons. The third kappa shape index (κ3) is 2.97. The van der Waals surface area contributed by atoms with E-state index in [1.807, 2.05) is 13.8 Å². The van der Waals surface area contributed by atoms with E-state index in [4.69, 9.17) is 10.5 Å². The van der Waals surface area contributed by atoms with Crippen molar-refractivity contribution in [2.24, 2.45) is 10.7 Å². The first kappa shape index (κ1) is 11.9. The van der Waals surface area contributed by atoms with Crippen LogP contribution in [-0.4, -0.2) is 46.9 Å². The SMILES string of the molecule is Cc1[nH]ncc1CN=C(N)N1CCOC(C)C1. The molecule has 0 amide bonds. The number of ether oxygens (including phenoxy) is 1. The van der Waals surface area contributed by atoms with Crippen LogP contribution in [0.15, 0.2) is 11.2 Å². The van der Waals surface area contributed by atoms with E-state index in [0.29, 0.717) is 19.1 Å². The molecule has 2 rings (SSSR count). The zero-order valence-electron chi connectivity index (χ0n) is 10.3. The smallest absolute Gasteiger partial charge is 0.191 e. The van der Waals surface area contributed by atoms with Crippen molar-refractivity contribution in [2.75, 3.05) is 19.7 Å². The molecule has 0 aliphatic carbocycles. The third-order valence-electron chi connectivity index (χ3n) is 2.91. The quantitative estimate of drug-likeness (QED) is 0.571. The first-order chi connectivity index (χ1) is 8.16. The van der Waals surface area contributed by atoms with E-state index < -0.39 is 0 Å². The number of nitrogens with one attached hydrogen (secondary N) is 1. The van der Waals surface area contributed by atoms with Crippen LogP contribution in [0.4, 0.5) is 0 Å². The summed E-state index contributed by atoms with van der Waals surface area (Å²) in [4.78, 5) is 6.45. The Bertz CT molecular complexity index is 400. The van der Waals surface area contributed by atoms with Gasteiger partial charge < -0.3 is 15.4 Å². The van der Waals surface area contributed by atoms with Gasteiger partial charge in [-0.2, -0.15) is 5.10 Å². The minimum Gasteiger partial charge on any atom is -0.375 e. The largest absolute Gasteiger partial charge is 0.375 e. The first-order valence-corrected chi connectivity index (χ1v) is 5.82. The summed E-state index contributed by atoms with van der Waals surface area (Å²) < 4.78 is 5.46. The highest BCUT2D eigenvalue weighted by Crippen LogP contribution is 2.06. The lowest BCUT2D eigenvalue weighted by Crippen LogP contribution is -2.47. The fourth-order valence-corrected chi connectivity index (χ4v) is 1.83. The maximum Gasteiger partial charge on any atom is 0.191 e. The van der Waals surface area contributed by atoms with Gasteiger partial charge in [-0.05, 0) is 13.8 Å². The second-order valence-electron chi connectivity index (χ2n) is 4.32. The van der Waals surface area contributed by atoms with Crippen LogP contribution in [0.1, 0.15) is 18.2 Å². The number of guanidine groups is 1. The summed E-state index contributed by atoms with van der Waals surface area (Å²) in [6, 6.07) is 0. The van der Waals surface area contributed by atoms with Crippen LogP contribution in [0.5, 0.6) is 0 Å². The topological polar surface area (TPSA) is 79.5 Å². The number of aliphatic imine (C=N–C) groups is 1. The molecule has 0 spiro atoms. The van der Waals surface area contributed by atoms with Gasteiger partial charge in [0.25, 0.3) is 0 Å². The Morgan fingerprint density at radius 2 is 2.59 bits per heavy atom. The van der Waals surface area contributed by atoms with E-state index >= 15 is 0 Å². The molecule has 3 N–H and O–H groups in total. The standard InChI is InChI=1S/C11H19N5O/c1-8-7-16(3-4-17-8)11(12)13-5-10-6-14-15-9(10)2/h6,8H,3-5,7H2,1-2H3,(H2,12,13)(H,14,15). The number of nitrogens with zero attached hydrogens (tertiary/aromatic N) is 3. The molecule has 1 aliphatic rings. The fourth-order valence-electron chi connectivity index (χ4n) is 1.83. The molecule has 1 unspecified atom stereocenters. The third-order valence-corrected chi connectivity index (χ3v) is 2.91. The Morgan fingerprint density at radius 1 is 1.76 bits per heavy atom. The molecule has 1 atom stereocenters. The molecule has 0 aromatic carbocycles. The first-order valence-electron chi connectivity index (χ1n) is 5.82. The van der Waals surface area contributed by atoms with Gasteiger partial charge >= 0.3 is 0 Å². The van der Waals surface area contributed by atoms with E-state index in [-0.39, 0.29) is 6.10 Å². The maximum atomic E-state index is 5.97. The minimum absolute atomic E-state index is 0.216. The van der Waals surface area contributed by atoms with Gasteiger partial charge in [-0.15, -0.1) is 0 Å². The van der Waals surface area contributed by atoms with Gasteiger partial charge in [0.05, 0.1) is 25.5 Å². The molecule has 0 bridgehead atoms. The van der Waals surface area contributed by atoms with Crippen molar-refractivity contribution in [1.29, 1.82) is 0 Å². The lowest BCUT2D eigenvalue weighted by molar-refractivity contribution is 0.00528. The van der Waals surface area contributed by atoms with E-state index in [0.717, 1.165) is 24.3 Å². The average Bonchev–Trinajstić information content (AvgIpc) is 2.72. The maximum absolute atomic E-state index is 5.97. The molecule has 1 aromatic heterocycles. The average molecular weight is 237 g/mol. The van der Waals surface area contributed by atoms with Crippen molar-refractivity contribution in [2.45, 2.75) is 26.5 Å². The molecule has 0 radical (unpaired) electrons. The van der Waals surface area contributed by atoms with Crippen molar-refractivity contribution in [3.8, 4) is 0 Å². The summed E-state index contributed by atoms with van der Waals surface area (Å²) in [6.45, 7) is 6.91. The molecule has 1 aliphatic heterocycles. The Morgan fingerprint density at radius 3 is 3.24 bits per heavy atom. The molecule has 1 fully saturated rings. The van der Waals surface area contributed by atoms with Crippen molar-refractivity contribution in [3.05, 3.63) is 17.5 Å². The number of rotatable bonds is 2. The monoisotopic (exact) mass is 237 g/mol. The summed E-state index contributed by atoms with van der Waals surface area (Å²) in [5.41, 5.74) is 8.08. The van der Waals surface area contributed by atoms with E-state index in [9.17, 15) is 0 Å². The van der Waals surface area contributed by atoms with Gasteiger partial charge in [-0.25, -0.2) is 4.99 Å². The van der Waals surface area contributed by atoms with Crippen LogP contribution < -0.4 is 5.73 Å². The number of aromatic nitrogens is 2. The molecule has 1 saturated heterocycles. The van der Waals surface area contributed by atoms with Gasteiger partial charge in [0, 0.05) is 24.3 Å². The minimum atomic E-state index is 0.216. The Balaban J connectivity index is 1.95. The predicted molar refractivity (Wildman–Crippen MR) is 65.6 cm³/mol. The molecule has 2 heterocycles. The molecular weight excluding hydrogens is 218 g/mol. The fraction of sp³-hybridized carbons (Fsp3) is 0.636. The van der Waals surface area contributed by atoms with E-state index in [1.54, 1.807) is 6.20 Å². The van der Waals surface area contributed by atoms with Crippen LogP contribution >= 0.6 is 0 Å². The van der Waals surface area contributed by atoms with Gasteiger partial charge in [0.2, 0.25) is 0 Å². The van der Waals surface area contributed by atoms with Crippen molar-refractivity contribution < 1.29 is 4.74 Å². The number of hydrogen-bond donors (Lipinski definition) is 2. The van der Waals surface area contributed by atoms with E-state index in [1.165, 1.54) is 0 Å². The summed E-state index contributed by atoms with van der Waals surface area (Å²) in [5, 5.41) is 6.84. The highest BCUT2D eigenvalue weighted by molar-refractivity contribution is 5.78. The highest BCUT2D eigenvalue weighted by Gasteiger charge is 2.17. The number of H-pyrrole nitrogens is 1. The van der Waals surface area contributed by atoms with E-state index in [2.05, 4.69) is 20.1 Å². The van der Waals surface area contributed by atoms with Crippen molar-refractivity contribution in [1.82, 2.24) is 15.1 Å². The number of nitrogens with two attached hydrogens (primary N) is 1. The number of aryl methyl sites for hydroxylation is 1. The molecule has 6 heteroatoms. The predicted octanol–water partition coefficient (Wildman–Crippen LogP) is 0.254. The van der Waals surface area contributed by atoms with Crippen LogP contribution in [0, 0.1) is 6.92 Å². The number of aromatic amines is 1. The van der Waals surface area contributed by atoms with Gasteiger partial charge in [0.15, 0.2) is 5.96 Å². The lowest BCUT2D eigenvalue weighted by Gasteiger charge is -2.31.